The van der Waals surface area contributed by atoms with E-state index in [2.05, 4.69) is 10.2 Å². The van der Waals surface area contributed by atoms with E-state index in [1.165, 1.54) is 12.5 Å². The number of benzene rings is 2. The Labute approximate surface area is 158 Å². The van der Waals surface area contributed by atoms with Crippen LogP contribution in [-0.2, 0) is 6.54 Å². The summed E-state index contributed by atoms with van der Waals surface area (Å²) in [5.74, 6) is -0.0167. The number of amides is 2. The van der Waals surface area contributed by atoms with Crippen LogP contribution in [0.5, 0.6) is 0 Å². The lowest BCUT2D eigenvalue weighted by Crippen LogP contribution is -2.49. The van der Waals surface area contributed by atoms with Gasteiger partial charge in [0.1, 0.15) is 0 Å². The third-order valence-corrected chi connectivity index (χ3v) is 4.75. The molecule has 0 saturated carbocycles. The van der Waals surface area contributed by atoms with Gasteiger partial charge in [0.05, 0.1) is 0 Å². The molecule has 0 unspecified atom stereocenters. The Bertz CT molecular complexity index is 784. The van der Waals surface area contributed by atoms with Gasteiger partial charge in [-0.25, -0.2) is 4.79 Å². The fourth-order valence-corrected chi connectivity index (χ4v) is 3.10. The molecule has 1 N–H and O–H groups in total. The van der Waals surface area contributed by atoms with E-state index < -0.39 is 0 Å². The summed E-state index contributed by atoms with van der Waals surface area (Å²) < 4.78 is 0. The van der Waals surface area contributed by atoms with E-state index in [4.69, 9.17) is 11.6 Å². The van der Waals surface area contributed by atoms with Gasteiger partial charge in [0, 0.05) is 49.0 Å². The Hall–Kier alpha value is -2.37. The molecule has 3 rings (SSSR count). The molecule has 0 aliphatic carbocycles. The predicted molar refractivity (Wildman–Crippen MR) is 104 cm³/mol. The van der Waals surface area contributed by atoms with Crippen LogP contribution >= 0.6 is 11.6 Å². The number of urea groups is 1. The molecule has 0 spiro atoms. The summed E-state index contributed by atoms with van der Waals surface area (Å²) in [5.41, 5.74) is 2.45. The first-order valence-electron chi connectivity index (χ1n) is 8.65. The van der Waals surface area contributed by atoms with Crippen molar-refractivity contribution in [1.82, 2.24) is 9.80 Å². The van der Waals surface area contributed by atoms with Crippen molar-refractivity contribution >= 4 is 29.1 Å². The minimum atomic E-state index is -0.128. The maximum atomic E-state index is 12.4. The number of hydrogen-bond donors (Lipinski definition) is 1. The highest BCUT2D eigenvalue weighted by atomic mass is 35.5. The molecule has 2 amide bonds. The number of nitrogens with zero attached hydrogens (tertiary/aromatic N) is 2. The van der Waals surface area contributed by atoms with Crippen LogP contribution < -0.4 is 5.32 Å². The van der Waals surface area contributed by atoms with E-state index in [0.29, 0.717) is 24.3 Å². The molecule has 1 aliphatic heterocycles. The Kier molecular flexibility index (Phi) is 5.91. The number of nitrogens with one attached hydrogen (secondary N) is 1. The van der Waals surface area contributed by atoms with Crippen molar-refractivity contribution in [3.8, 4) is 0 Å². The Morgan fingerprint density at radius 2 is 1.73 bits per heavy atom. The zero-order valence-corrected chi connectivity index (χ0v) is 15.5. The molecule has 0 bridgehead atoms. The minimum Gasteiger partial charge on any atom is -0.322 e. The first kappa shape index (κ1) is 18.4. The molecule has 2 aromatic carbocycles. The highest BCUT2D eigenvalue weighted by Crippen LogP contribution is 2.15. The number of rotatable bonds is 4. The Balaban J connectivity index is 1.51. The number of piperazine rings is 1. The fraction of sp³-hybridized carbons (Fsp3) is 0.300. The molecule has 0 radical (unpaired) electrons. The van der Waals surface area contributed by atoms with Gasteiger partial charge in [0.2, 0.25) is 0 Å². The molecule has 5 nitrogen and oxygen atoms in total. The van der Waals surface area contributed by atoms with Gasteiger partial charge < -0.3 is 10.2 Å². The summed E-state index contributed by atoms with van der Waals surface area (Å²) in [6, 6.07) is 14.7. The summed E-state index contributed by atoms with van der Waals surface area (Å²) in [7, 11) is 0. The molecule has 0 aromatic heterocycles. The number of Topliss-reactive ketones (excluding diaryl/α,β-unsaturated/α-hetero) is 1. The van der Waals surface area contributed by atoms with Crippen LogP contribution in [-0.4, -0.2) is 47.8 Å². The number of halogens is 1. The molecule has 26 heavy (non-hydrogen) atoms. The third kappa shape index (κ3) is 4.84. The molecular formula is C20H22ClN3O2. The minimum absolute atomic E-state index is 0.0167. The first-order chi connectivity index (χ1) is 12.5. The van der Waals surface area contributed by atoms with E-state index >= 15 is 0 Å². The second-order valence-electron chi connectivity index (χ2n) is 6.46. The first-order valence-corrected chi connectivity index (χ1v) is 9.03. The maximum absolute atomic E-state index is 12.4. The van der Waals surface area contributed by atoms with Crippen LogP contribution in [0.4, 0.5) is 10.5 Å². The number of carbonyl (C=O) groups excluding carboxylic acids is 2. The topological polar surface area (TPSA) is 52.7 Å². The normalized spacial score (nSPS) is 14.9. The molecule has 2 aromatic rings. The van der Waals surface area contributed by atoms with Gasteiger partial charge in [0.25, 0.3) is 0 Å². The maximum Gasteiger partial charge on any atom is 0.321 e. The van der Waals surface area contributed by atoms with E-state index in [1.807, 2.05) is 24.3 Å². The van der Waals surface area contributed by atoms with Crippen LogP contribution in [0.15, 0.2) is 48.5 Å². The van der Waals surface area contributed by atoms with E-state index in [0.717, 1.165) is 24.7 Å². The van der Waals surface area contributed by atoms with Gasteiger partial charge in [-0.3, -0.25) is 9.69 Å². The molecule has 136 valence electrons. The van der Waals surface area contributed by atoms with Crippen molar-refractivity contribution in [1.29, 1.82) is 0 Å². The monoisotopic (exact) mass is 371 g/mol. The van der Waals surface area contributed by atoms with Crippen LogP contribution in [0.2, 0.25) is 5.02 Å². The average Bonchev–Trinajstić information content (AvgIpc) is 2.64. The second-order valence-corrected chi connectivity index (χ2v) is 6.89. The fourth-order valence-electron chi connectivity index (χ4n) is 2.98. The molecule has 1 aliphatic rings. The summed E-state index contributed by atoms with van der Waals surface area (Å²) in [6.07, 6.45) is 0. The van der Waals surface area contributed by atoms with Crippen molar-refractivity contribution in [2.24, 2.45) is 0 Å². The van der Waals surface area contributed by atoms with E-state index in [9.17, 15) is 9.59 Å². The van der Waals surface area contributed by atoms with Gasteiger partial charge >= 0.3 is 6.03 Å². The highest BCUT2D eigenvalue weighted by Gasteiger charge is 2.21. The van der Waals surface area contributed by atoms with E-state index in [-0.39, 0.29) is 11.8 Å². The molecule has 6 heteroatoms. The van der Waals surface area contributed by atoms with Crippen LogP contribution in [0, 0.1) is 0 Å². The van der Waals surface area contributed by atoms with Gasteiger partial charge in [-0.1, -0.05) is 35.9 Å². The lowest BCUT2D eigenvalue weighted by atomic mass is 10.1. The lowest BCUT2D eigenvalue weighted by Gasteiger charge is -2.34. The van der Waals surface area contributed by atoms with Crippen molar-refractivity contribution < 1.29 is 9.59 Å². The van der Waals surface area contributed by atoms with Crippen molar-refractivity contribution in [2.75, 3.05) is 31.5 Å². The van der Waals surface area contributed by atoms with Crippen LogP contribution in [0.1, 0.15) is 22.8 Å². The molecule has 0 atom stereocenters. The van der Waals surface area contributed by atoms with Crippen molar-refractivity contribution in [3.05, 3.63) is 64.7 Å². The Morgan fingerprint density at radius 3 is 2.38 bits per heavy atom. The van der Waals surface area contributed by atoms with Crippen molar-refractivity contribution in [2.45, 2.75) is 13.5 Å². The molecular weight excluding hydrogens is 350 g/mol. The SMILES string of the molecule is CC(=O)c1cccc(NC(=O)N2CCN(Cc3ccc(Cl)cc3)CC2)c1. The van der Waals surface area contributed by atoms with E-state index in [1.54, 1.807) is 29.2 Å². The summed E-state index contributed by atoms with van der Waals surface area (Å²) in [4.78, 5) is 28.0. The average molecular weight is 372 g/mol. The number of hydrogen-bond acceptors (Lipinski definition) is 3. The molecule has 1 heterocycles. The Morgan fingerprint density at radius 1 is 1.04 bits per heavy atom. The predicted octanol–water partition coefficient (Wildman–Crippen LogP) is 3.89. The van der Waals surface area contributed by atoms with Crippen LogP contribution in [0.3, 0.4) is 0 Å². The summed E-state index contributed by atoms with van der Waals surface area (Å²) in [6.45, 7) is 5.36. The quantitative estimate of drug-likeness (QED) is 0.829. The van der Waals surface area contributed by atoms with Gasteiger partial charge in [-0.05, 0) is 36.8 Å². The smallest absolute Gasteiger partial charge is 0.321 e. The number of ketones is 1. The zero-order chi connectivity index (χ0) is 18.5. The van der Waals surface area contributed by atoms with Crippen LogP contribution in [0.25, 0.3) is 0 Å². The number of carbonyl (C=O) groups is 2. The zero-order valence-electron chi connectivity index (χ0n) is 14.7. The molecule has 1 saturated heterocycles. The second kappa shape index (κ2) is 8.34. The standard InChI is InChI=1S/C20H22ClN3O2/c1-15(25)17-3-2-4-19(13-17)22-20(26)24-11-9-23(10-12-24)14-16-5-7-18(21)8-6-16/h2-8,13H,9-12,14H2,1H3,(H,22,26). The van der Waals surface area contributed by atoms with Gasteiger partial charge in [0.15, 0.2) is 5.78 Å². The third-order valence-electron chi connectivity index (χ3n) is 4.50. The van der Waals surface area contributed by atoms with Gasteiger partial charge in [-0.15, -0.1) is 0 Å². The largest absolute Gasteiger partial charge is 0.322 e. The lowest BCUT2D eigenvalue weighted by molar-refractivity contribution is 0.101. The van der Waals surface area contributed by atoms with Gasteiger partial charge in [-0.2, -0.15) is 0 Å². The number of anilines is 1. The summed E-state index contributed by atoms with van der Waals surface area (Å²) in [5, 5.41) is 3.62. The highest BCUT2D eigenvalue weighted by molar-refractivity contribution is 6.30. The summed E-state index contributed by atoms with van der Waals surface area (Å²) >= 11 is 5.92. The van der Waals surface area contributed by atoms with Crippen molar-refractivity contribution in [3.63, 3.8) is 0 Å². The molecule has 1 fully saturated rings.